The maximum atomic E-state index is 13.0. The van der Waals surface area contributed by atoms with Crippen molar-refractivity contribution >= 4 is 17.6 Å². The SMILES string of the molecule is O=C(COC(=O)C1(c2ccc3c(c2)OCCO3)CCCC1)Nc1ccccc1. The van der Waals surface area contributed by atoms with Gasteiger partial charge >= 0.3 is 5.97 Å². The van der Waals surface area contributed by atoms with E-state index in [1.807, 2.05) is 36.4 Å². The Morgan fingerprint density at radius 1 is 0.964 bits per heavy atom. The summed E-state index contributed by atoms with van der Waals surface area (Å²) in [5.41, 5.74) is 0.803. The highest BCUT2D eigenvalue weighted by Crippen LogP contribution is 2.45. The molecule has 4 rings (SSSR count). The van der Waals surface area contributed by atoms with E-state index in [1.165, 1.54) is 0 Å². The van der Waals surface area contributed by atoms with Gasteiger partial charge in [-0.3, -0.25) is 9.59 Å². The molecule has 6 heteroatoms. The highest BCUT2D eigenvalue weighted by molar-refractivity contribution is 5.94. The van der Waals surface area contributed by atoms with Gasteiger partial charge in [0.15, 0.2) is 18.1 Å². The summed E-state index contributed by atoms with van der Waals surface area (Å²) in [5, 5.41) is 2.73. The first-order chi connectivity index (χ1) is 13.7. The molecule has 0 spiro atoms. The third-order valence-electron chi connectivity index (χ3n) is 5.33. The van der Waals surface area contributed by atoms with Crippen LogP contribution in [0, 0.1) is 0 Å². The number of hydrogen-bond acceptors (Lipinski definition) is 5. The molecule has 0 unspecified atom stereocenters. The van der Waals surface area contributed by atoms with Gasteiger partial charge in [0, 0.05) is 5.69 Å². The Balaban J connectivity index is 1.46. The average Bonchev–Trinajstić information content (AvgIpc) is 3.24. The van der Waals surface area contributed by atoms with Crippen LogP contribution in [0.2, 0.25) is 0 Å². The number of carbonyl (C=O) groups excluding carboxylic acids is 2. The number of hydrogen-bond donors (Lipinski definition) is 1. The summed E-state index contributed by atoms with van der Waals surface area (Å²) in [7, 11) is 0. The van der Waals surface area contributed by atoms with E-state index in [0.717, 1.165) is 18.4 Å². The number of esters is 1. The van der Waals surface area contributed by atoms with Crippen molar-refractivity contribution in [1.29, 1.82) is 0 Å². The molecule has 0 saturated heterocycles. The lowest BCUT2D eigenvalue weighted by Crippen LogP contribution is -2.36. The van der Waals surface area contributed by atoms with Gasteiger partial charge in [0.2, 0.25) is 0 Å². The minimum absolute atomic E-state index is 0.306. The fourth-order valence-corrected chi connectivity index (χ4v) is 3.92. The highest BCUT2D eigenvalue weighted by atomic mass is 16.6. The van der Waals surface area contributed by atoms with E-state index in [0.29, 0.717) is 43.2 Å². The summed E-state index contributed by atoms with van der Waals surface area (Å²) in [6, 6.07) is 14.7. The van der Waals surface area contributed by atoms with E-state index in [1.54, 1.807) is 12.1 Å². The maximum absolute atomic E-state index is 13.0. The van der Waals surface area contributed by atoms with E-state index >= 15 is 0 Å². The fourth-order valence-electron chi connectivity index (χ4n) is 3.92. The Bertz CT molecular complexity index is 858. The van der Waals surface area contributed by atoms with Crippen LogP contribution in [0.4, 0.5) is 5.69 Å². The second-order valence-electron chi connectivity index (χ2n) is 7.14. The molecule has 2 aromatic carbocycles. The zero-order valence-corrected chi connectivity index (χ0v) is 15.6. The van der Waals surface area contributed by atoms with Crippen molar-refractivity contribution in [3.63, 3.8) is 0 Å². The largest absolute Gasteiger partial charge is 0.486 e. The molecule has 1 amide bonds. The van der Waals surface area contributed by atoms with E-state index in [-0.39, 0.29) is 18.5 Å². The molecular formula is C22H23NO5. The topological polar surface area (TPSA) is 73.9 Å². The number of ether oxygens (including phenoxy) is 3. The molecule has 1 N–H and O–H groups in total. The summed E-state index contributed by atoms with van der Waals surface area (Å²) >= 11 is 0. The summed E-state index contributed by atoms with van der Waals surface area (Å²) in [6.07, 6.45) is 3.29. The summed E-state index contributed by atoms with van der Waals surface area (Å²) in [6.45, 7) is 0.712. The minimum atomic E-state index is -0.733. The molecule has 1 fully saturated rings. The number of anilines is 1. The maximum Gasteiger partial charge on any atom is 0.317 e. The van der Waals surface area contributed by atoms with Gasteiger partial charge in [-0.2, -0.15) is 0 Å². The standard InChI is InChI=1S/C22H23NO5/c24-20(23-17-6-2-1-3-7-17)15-28-21(25)22(10-4-5-11-22)16-8-9-18-19(14-16)27-13-12-26-18/h1-3,6-9,14H,4-5,10-13,15H2,(H,23,24). The average molecular weight is 381 g/mol. The normalized spacial score (nSPS) is 17.0. The first-order valence-electron chi connectivity index (χ1n) is 9.60. The van der Waals surface area contributed by atoms with E-state index in [2.05, 4.69) is 5.32 Å². The monoisotopic (exact) mass is 381 g/mol. The third kappa shape index (κ3) is 3.67. The number of amides is 1. The second-order valence-corrected chi connectivity index (χ2v) is 7.14. The number of nitrogens with one attached hydrogen (secondary N) is 1. The van der Waals surface area contributed by atoms with Crippen LogP contribution in [-0.4, -0.2) is 31.7 Å². The predicted octanol–water partition coefficient (Wildman–Crippen LogP) is 3.45. The van der Waals surface area contributed by atoms with Gasteiger partial charge in [-0.25, -0.2) is 0 Å². The van der Waals surface area contributed by atoms with Crippen LogP contribution >= 0.6 is 0 Å². The second kappa shape index (κ2) is 7.92. The Kier molecular flexibility index (Phi) is 5.19. The number of fused-ring (bicyclic) bond motifs is 1. The molecular weight excluding hydrogens is 358 g/mol. The van der Waals surface area contributed by atoms with Gasteiger partial charge in [-0.05, 0) is 42.7 Å². The van der Waals surface area contributed by atoms with Crippen molar-refractivity contribution in [3.05, 3.63) is 54.1 Å². The molecule has 146 valence electrons. The van der Waals surface area contributed by atoms with Gasteiger partial charge < -0.3 is 19.5 Å². The number of carbonyl (C=O) groups is 2. The van der Waals surface area contributed by atoms with E-state index < -0.39 is 5.41 Å². The predicted molar refractivity (Wildman–Crippen MR) is 104 cm³/mol. The molecule has 0 radical (unpaired) electrons. The van der Waals surface area contributed by atoms with Gasteiger partial charge in [-0.1, -0.05) is 37.1 Å². The molecule has 28 heavy (non-hydrogen) atoms. The third-order valence-corrected chi connectivity index (χ3v) is 5.33. The first-order valence-corrected chi connectivity index (χ1v) is 9.60. The zero-order valence-electron chi connectivity index (χ0n) is 15.6. The van der Waals surface area contributed by atoms with Crippen molar-refractivity contribution < 1.29 is 23.8 Å². The molecule has 1 aliphatic carbocycles. The lowest BCUT2D eigenvalue weighted by Gasteiger charge is -2.28. The van der Waals surface area contributed by atoms with E-state index in [4.69, 9.17) is 14.2 Å². The van der Waals surface area contributed by atoms with Crippen LogP contribution in [0.15, 0.2) is 48.5 Å². The Morgan fingerprint density at radius 2 is 1.68 bits per heavy atom. The van der Waals surface area contributed by atoms with Gasteiger partial charge in [0.25, 0.3) is 5.91 Å². The van der Waals surface area contributed by atoms with Crippen LogP contribution in [0.5, 0.6) is 11.5 Å². The van der Waals surface area contributed by atoms with Crippen LogP contribution in [0.1, 0.15) is 31.2 Å². The molecule has 0 bridgehead atoms. The van der Waals surface area contributed by atoms with Gasteiger partial charge in [0.1, 0.15) is 13.2 Å². The lowest BCUT2D eigenvalue weighted by molar-refractivity contribution is -0.153. The summed E-state index contributed by atoms with van der Waals surface area (Å²) < 4.78 is 16.7. The van der Waals surface area contributed by atoms with Crippen molar-refractivity contribution in [2.75, 3.05) is 25.1 Å². The zero-order chi connectivity index (χ0) is 19.4. The summed E-state index contributed by atoms with van der Waals surface area (Å²) in [5.74, 6) is 0.642. The fraction of sp³-hybridized carbons (Fsp3) is 0.364. The van der Waals surface area contributed by atoms with Crippen LogP contribution in [0.25, 0.3) is 0 Å². The Morgan fingerprint density at radius 3 is 2.43 bits per heavy atom. The first kappa shape index (κ1) is 18.3. The van der Waals surface area contributed by atoms with Crippen LogP contribution < -0.4 is 14.8 Å². The smallest absolute Gasteiger partial charge is 0.317 e. The molecule has 2 aromatic rings. The Hall–Kier alpha value is -3.02. The lowest BCUT2D eigenvalue weighted by atomic mass is 9.78. The molecule has 0 atom stereocenters. The number of rotatable bonds is 5. The Labute approximate surface area is 163 Å². The number of benzene rings is 2. The molecule has 0 aromatic heterocycles. The molecule has 6 nitrogen and oxygen atoms in total. The minimum Gasteiger partial charge on any atom is -0.486 e. The van der Waals surface area contributed by atoms with Crippen LogP contribution in [0.3, 0.4) is 0 Å². The van der Waals surface area contributed by atoms with Crippen molar-refractivity contribution in [2.24, 2.45) is 0 Å². The van der Waals surface area contributed by atoms with Gasteiger partial charge in [-0.15, -0.1) is 0 Å². The van der Waals surface area contributed by atoms with Crippen molar-refractivity contribution in [1.82, 2.24) is 0 Å². The van der Waals surface area contributed by atoms with E-state index in [9.17, 15) is 9.59 Å². The molecule has 1 heterocycles. The molecule has 2 aliphatic rings. The van der Waals surface area contributed by atoms with Crippen molar-refractivity contribution in [2.45, 2.75) is 31.1 Å². The van der Waals surface area contributed by atoms with Crippen molar-refractivity contribution in [3.8, 4) is 11.5 Å². The number of para-hydroxylation sites is 1. The van der Waals surface area contributed by atoms with Crippen LogP contribution in [-0.2, 0) is 19.7 Å². The van der Waals surface area contributed by atoms with Gasteiger partial charge in [0.05, 0.1) is 5.41 Å². The quantitative estimate of drug-likeness (QED) is 0.803. The molecule has 1 aliphatic heterocycles. The molecule has 1 saturated carbocycles. The summed E-state index contributed by atoms with van der Waals surface area (Å²) in [4.78, 5) is 25.2. The highest BCUT2D eigenvalue weighted by Gasteiger charge is 2.45.